The fourth-order valence-corrected chi connectivity index (χ4v) is 3.62. The summed E-state index contributed by atoms with van der Waals surface area (Å²) in [4.78, 5) is 3.82. The van der Waals surface area contributed by atoms with E-state index in [0.29, 0.717) is 0 Å². The first-order chi connectivity index (χ1) is 10.6. The zero-order valence-electron chi connectivity index (χ0n) is 13.6. The number of fused-ring (bicyclic) bond motifs is 1. The molecule has 0 amide bonds. The van der Waals surface area contributed by atoms with E-state index in [2.05, 4.69) is 57.9 Å². The first-order valence-corrected chi connectivity index (χ1v) is 8.64. The van der Waals surface area contributed by atoms with E-state index in [-0.39, 0.29) is 5.54 Å². The molecule has 0 unspecified atom stereocenters. The van der Waals surface area contributed by atoms with Gasteiger partial charge in [0.05, 0.1) is 10.6 Å². The van der Waals surface area contributed by atoms with Gasteiger partial charge in [-0.1, -0.05) is 28.8 Å². The molecule has 0 atom stereocenters. The van der Waals surface area contributed by atoms with E-state index in [4.69, 9.17) is 0 Å². The van der Waals surface area contributed by atoms with Crippen LogP contribution in [0.25, 0.3) is 0 Å². The van der Waals surface area contributed by atoms with Crippen molar-refractivity contribution in [3.05, 3.63) is 46.0 Å². The lowest BCUT2D eigenvalue weighted by Gasteiger charge is -2.41. The van der Waals surface area contributed by atoms with Crippen LogP contribution in [-0.4, -0.2) is 33.1 Å². The minimum Gasteiger partial charge on any atom is -0.310 e. The van der Waals surface area contributed by atoms with Gasteiger partial charge in [-0.2, -0.15) is 0 Å². The van der Waals surface area contributed by atoms with E-state index in [0.717, 1.165) is 38.3 Å². The van der Waals surface area contributed by atoms with Gasteiger partial charge in [0.1, 0.15) is 0 Å². The Balaban J connectivity index is 1.58. The van der Waals surface area contributed by atoms with Crippen molar-refractivity contribution in [2.75, 3.05) is 13.1 Å². The van der Waals surface area contributed by atoms with Gasteiger partial charge in [0.25, 0.3) is 0 Å². The van der Waals surface area contributed by atoms with Crippen LogP contribution >= 0.6 is 11.5 Å². The first-order valence-electron chi connectivity index (χ1n) is 7.87. The van der Waals surface area contributed by atoms with Gasteiger partial charge in [-0.15, -0.1) is 5.10 Å². The zero-order valence-corrected chi connectivity index (χ0v) is 14.4. The van der Waals surface area contributed by atoms with E-state index < -0.39 is 0 Å². The second kappa shape index (κ2) is 6.44. The Morgan fingerprint density at radius 3 is 2.77 bits per heavy atom. The van der Waals surface area contributed by atoms with Crippen LogP contribution in [0.2, 0.25) is 0 Å². The van der Waals surface area contributed by atoms with Crippen LogP contribution in [0, 0.1) is 6.92 Å². The lowest BCUT2D eigenvalue weighted by molar-refractivity contribution is 0.103. The van der Waals surface area contributed by atoms with Gasteiger partial charge in [0.2, 0.25) is 0 Å². The molecular weight excluding hydrogens is 292 g/mol. The van der Waals surface area contributed by atoms with Gasteiger partial charge >= 0.3 is 0 Å². The van der Waals surface area contributed by atoms with Crippen LogP contribution in [0.1, 0.15) is 35.5 Å². The van der Waals surface area contributed by atoms with Crippen molar-refractivity contribution in [3.63, 3.8) is 0 Å². The minimum absolute atomic E-state index is 0.138. The molecule has 0 saturated carbocycles. The van der Waals surface area contributed by atoms with E-state index in [1.165, 1.54) is 27.5 Å². The zero-order chi connectivity index (χ0) is 15.6. The molecule has 0 bridgehead atoms. The molecule has 0 saturated heterocycles. The summed E-state index contributed by atoms with van der Waals surface area (Å²) in [5, 5.41) is 7.64. The van der Waals surface area contributed by atoms with Crippen molar-refractivity contribution < 1.29 is 0 Å². The third-order valence-corrected chi connectivity index (χ3v) is 5.40. The van der Waals surface area contributed by atoms with Crippen LogP contribution in [0.5, 0.6) is 0 Å². The third-order valence-electron chi connectivity index (χ3n) is 4.58. The predicted molar refractivity (Wildman–Crippen MR) is 91.0 cm³/mol. The molecule has 2 aromatic rings. The van der Waals surface area contributed by atoms with Gasteiger partial charge < -0.3 is 5.32 Å². The van der Waals surface area contributed by atoms with Crippen molar-refractivity contribution in [2.24, 2.45) is 0 Å². The van der Waals surface area contributed by atoms with E-state index >= 15 is 0 Å². The van der Waals surface area contributed by atoms with Crippen molar-refractivity contribution in [1.82, 2.24) is 19.8 Å². The van der Waals surface area contributed by atoms with Crippen LogP contribution < -0.4 is 5.32 Å². The van der Waals surface area contributed by atoms with E-state index in [1.54, 1.807) is 0 Å². The minimum atomic E-state index is 0.138. The van der Waals surface area contributed by atoms with Crippen molar-refractivity contribution in [3.8, 4) is 0 Å². The number of rotatable bonds is 5. The van der Waals surface area contributed by atoms with E-state index in [9.17, 15) is 0 Å². The topological polar surface area (TPSA) is 41.1 Å². The summed E-state index contributed by atoms with van der Waals surface area (Å²) in [7, 11) is 0. The summed E-state index contributed by atoms with van der Waals surface area (Å²) >= 11 is 1.49. The fourth-order valence-electron chi connectivity index (χ4n) is 3.02. The quantitative estimate of drug-likeness (QED) is 0.921. The van der Waals surface area contributed by atoms with Crippen molar-refractivity contribution >= 4 is 11.5 Å². The Labute approximate surface area is 136 Å². The molecule has 118 valence electrons. The van der Waals surface area contributed by atoms with Crippen LogP contribution in [0.15, 0.2) is 24.3 Å². The molecule has 3 rings (SSSR count). The van der Waals surface area contributed by atoms with Crippen molar-refractivity contribution in [2.45, 2.75) is 45.8 Å². The maximum atomic E-state index is 4.06. The molecule has 0 spiro atoms. The molecule has 2 heterocycles. The van der Waals surface area contributed by atoms with Gasteiger partial charge in [0.15, 0.2) is 0 Å². The van der Waals surface area contributed by atoms with Crippen molar-refractivity contribution in [1.29, 1.82) is 0 Å². The predicted octanol–water partition coefficient (Wildman–Crippen LogP) is 2.77. The van der Waals surface area contributed by atoms with Crippen LogP contribution in [0.4, 0.5) is 0 Å². The molecule has 1 aromatic heterocycles. The third kappa shape index (κ3) is 3.37. The van der Waals surface area contributed by atoms with Gasteiger partial charge in [-0.05, 0) is 49.9 Å². The summed E-state index contributed by atoms with van der Waals surface area (Å²) in [5.74, 6) is 0. The van der Waals surface area contributed by atoms with Gasteiger partial charge in [-0.3, -0.25) is 4.90 Å². The number of hydrogen-bond acceptors (Lipinski definition) is 5. The summed E-state index contributed by atoms with van der Waals surface area (Å²) in [6.07, 6.45) is 1.15. The molecule has 22 heavy (non-hydrogen) atoms. The number of nitrogens with zero attached hydrogens (tertiary/aromatic N) is 3. The highest BCUT2D eigenvalue weighted by Gasteiger charge is 2.29. The second-order valence-corrected chi connectivity index (χ2v) is 7.48. The maximum Gasteiger partial charge on any atom is 0.0769 e. The molecule has 4 nitrogen and oxygen atoms in total. The Morgan fingerprint density at radius 2 is 2.05 bits per heavy atom. The average molecular weight is 316 g/mol. The molecule has 1 aromatic carbocycles. The molecule has 0 fully saturated rings. The largest absolute Gasteiger partial charge is 0.310 e. The number of hydrogen-bond donors (Lipinski definition) is 1. The number of nitrogens with one attached hydrogen (secondary N) is 1. The molecule has 0 radical (unpaired) electrons. The highest BCUT2D eigenvalue weighted by molar-refractivity contribution is 7.05. The lowest BCUT2D eigenvalue weighted by atomic mass is 9.94. The molecule has 1 aliphatic heterocycles. The fraction of sp³-hybridized carbons (Fsp3) is 0.529. The molecule has 1 N–H and O–H groups in total. The van der Waals surface area contributed by atoms with Crippen LogP contribution in [-0.2, 0) is 19.5 Å². The molecule has 5 heteroatoms. The Kier molecular flexibility index (Phi) is 4.57. The molecular formula is C17H24N4S. The smallest absolute Gasteiger partial charge is 0.0769 e. The summed E-state index contributed by atoms with van der Waals surface area (Å²) in [6.45, 7) is 10.7. The number of benzene rings is 1. The summed E-state index contributed by atoms with van der Waals surface area (Å²) in [6, 6.07) is 8.81. The Hall–Kier alpha value is -1.30. The van der Waals surface area contributed by atoms with Gasteiger partial charge in [0, 0.05) is 31.7 Å². The normalized spacial score (nSPS) is 15.8. The molecule has 0 aliphatic carbocycles. The highest BCUT2D eigenvalue weighted by Crippen LogP contribution is 2.25. The number of aromatic nitrogens is 2. The SMILES string of the molecule is Cc1nnsc1CNCC(C)(C)N1CCc2ccccc2C1. The maximum absolute atomic E-state index is 4.06. The highest BCUT2D eigenvalue weighted by atomic mass is 32.1. The van der Waals surface area contributed by atoms with E-state index in [1.807, 2.05) is 6.92 Å². The Bertz CT molecular complexity index is 635. The lowest BCUT2D eigenvalue weighted by Crippen LogP contribution is -2.52. The van der Waals surface area contributed by atoms with Gasteiger partial charge in [-0.25, -0.2) is 0 Å². The standard InChI is InChI=1S/C17H24N4S/c1-13-16(22-20-19-13)10-18-12-17(2,3)21-9-8-14-6-4-5-7-15(14)11-21/h4-7,18H,8-12H2,1-3H3. The first kappa shape index (κ1) is 15.6. The molecule has 1 aliphatic rings. The monoisotopic (exact) mass is 316 g/mol. The summed E-state index contributed by atoms with van der Waals surface area (Å²) < 4.78 is 3.99. The van der Waals surface area contributed by atoms with Crippen LogP contribution in [0.3, 0.4) is 0 Å². The Morgan fingerprint density at radius 1 is 1.27 bits per heavy atom. The summed E-state index contributed by atoms with van der Waals surface area (Å²) in [5.41, 5.74) is 4.17. The second-order valence-electron chi connectivity index (χ2n) is 6.64. The average Bonchev–Trinajstić information content (AvgIpc) is 2.92. The number of aryl methyl sites for hydroxylation is 1.